The first-order valence-corrected chi connectivity index (χ1v) is 12.2. The Bertz CT molecular complexity index is 1390. The van der Waals surface area contributed by atoms with Crippen molar-refractivity contribution >= 4 is 11.9 Å². The Hall–Kier alpha value is -4.40. The molecule has 0 unspecified atom stereocenters. The lowest BCUT2D eigenvalue weighted by Crippen LogP contribution is -2.31. The minimum absolute atomic E-state index is 0.0185. The van der Waals surface area contributed by atoms with E-state index in [1.165, 1.54) is 14.2 Å². The van der Waals surface area contributed by atoms with Crippen molar-refractivity contribution < 1.29 is 42.7 Å². The van der Waals surface area contributed by atoms with Crippen molar-refractivity contribution in [2.24, 2.45) is 11.8 Å². The Morgan fingerprint density at radius 2 is 1.55 bits per heavy atom. The standard InChI is InChI=1S/C29H26O9/c1-32-19-6-4-15(5-7-19)28(30)38-27-23(33-2)10-17(11-24(27)34-3)25-20-12-22-21(36-14-37-22)9-16(20)8-18-13-35-29(31)26(18)25/h4-7,9-12,18,25-26H,8,13-14H2,1-3H3/t18-,25+,26-/m0/s1. The molecule has 1 aliphatic carbocycles. The maximum Gasteiger partial charge on any atom is 0.343 e. The average Bonchev–Trinajstić information content (AvgIpc) is 3.56. The molecule has 0 bridgehead atoms. The summed E-state index contributed by atoms with van der Waals surface area (Å²) >= 11 is 0. The van der Waals surface area contributed by atoms with Crippen LogP contribution in [-0.2, 0) is 16.0 Å². The zero-order chi connectivity index (χ0) is 26.4. The Morgan fingerprint density at radius 3 is 2.21 bits per heavy atom. The molecule has 2 heterocycles. The molecule has 3 aromatic rings. The highest BCUT2D eigenvalue weighted by molar-refractivity contribution is 5.92. The molecule has 38 heavy (non-hydrogen) atoms. The van der Waals surface area contributed by atoms with Gasteiger partial charge >= 0.3 is 11.9 Å². The van der Waals surface area contributed by atoms with Crippen molar-refractivity contribution in [3.05, 3.63) is 70.8 Å². The predicted molar refractivity (Wildman–Crippen MR) is 134 cm³/mol. The van der Waals surface area contributed by atoms with Gasteiger partial charge in [-0.1, -0.05) is 0 Å². The number of ether oxygens (including phenoxy) is 7. The van der Waals surface area contributed by atoms with E-state index in [9.17, 15) is 9.59 Å². The van der Waals surface area contributed by atoms with Crippen molar-refractivity contribution in [1.82, 2.24) is 0 Å². The molecule has 0 spiro atoms. The monoisotopic (exact) mass is 518 g/mol. The van der Waals surface area contributed by atoms with Crippen molar-refractivity contribution in [1.29, 1.82) is 0 Å². The van der Waals surface area contributed by atoms with Crippen molar-refractivity contribution in [3.8, 4) is 34.5 Å². The number of methoxy groups -OCH3 is 3. The van der Waals surface area contributed by atoms with Gasteiger partial charge in [0.05, 0.1) is 39.4 Å². The highest BCUT2D eigenvalue weighted by Crippen LogP contribution is 2.52. The van der Waals surface area contributed by atoms with E-state index in [2.05, 4.69) is 0 Å². The van der Waals surface area contributed by atoms with Crippen LogP contribution in [0.2, 0.25) is 0 Å². The first-order chi connectivity index (χ1) is 18.5. The number of hydrogen-bond acceptors (Lipinski definition) is 9. The van der Waals surface area contributed by atoms with Crippen LogP contribution in [0.5, 0.6) is 34.5 Å². The van der Waals surface area contributed by atoms with Gasteiger partial charge in [0.25, 0.3) is 0 Å². The van der Waals surface area contributed by atoms with E-state index in [-0.39, 0.29) is 36.3 Å². The highest BCUT2D eigenvalue weighted by Gasteiger charge is 2.48. The number of cyclic esters (lactones) is 1. The molecular formula is C29H26O9. The molecular weight excluding hydrogens is 492 g/mol. The largest absolute Gasteiger partial charge is 0.497 e. The normalized spacial score (nSPS) is 20.7. The Balaban J connectivity index is 1.42. The summed E-state index contributed by atoms with van der Waals surface area (Å²) in [6, 6.07) is 14.1. The lowest BCUT2D eigenvalue weighted by atomic mass is 9.67. The Labute approximate surface area is 219 Å². The zero-order valence-corrected chi connectivity index (χ0v) is 21.1. The van der Waals surface area contributed by atoms with Gasteiger partial charge in [0.1, 0.15) is 5.75 Å². The molecule has 0 N–H and O–H groups in total. The van der Waals surface area contributed by atoms with Crippen LogP contribution in [0.25, 0.3) is 0 Å². The van der Waals surface area contributed by atoms with Gasteiger partial charge in [-0.3, -0.25) is 4.79 Å². The number of hydrogen-bond donors (Lipinski definition) is 0. The molecule has 0 radical (unpaired) electrons. The highest BCUT2D eigenvalue weighted by atomic mass is 16.7. The number of carbonyl (C=O) groups excluding carboxylic acids is 2. The summed E-state index contributed by atoms with van der Waals surface area (Å²) in [7, 11) is 4.53. The quantitative estimate of drug-likeness (QED) is 0.352. The minimum atomic E-state index is -0.577. The summed E-state index contributed by atoms with van der Waals surface area (Å²) in [6.45, 7) is 0.521. The van der Waals surface area contributed by atoms with E-state index in [1.807, 2.05) is 12.1 Å². The minimum Gasteiger partial charge on any atom is -0.497 e. The third-order valence-corrected chi connectivity index (χ3v) is 7.39. The van der Waals surface area contributed by atoms with Crippen LogP contribution in [0.1, 0.15) is 33.0 Å². The van der Waals surface area contributed by atoms with Gasteiger partial charge in [0.2, 0.25) is 12.5 Å². The molecule has 3 atom stereocenters. The summed E-state index contributed by atoms with van der Waals surface area (Å²) in [5, 5.41) is 0. The Morgan fingerprint density at radius 1 is 0.868 bits per heavy atom. The Kier molecular flexibility index (Phi) is 5.98. The predicted octanol–water partition coefficient (Wildman–Crippen LogP) is 4.14. The van der Waals surface area contributed by atoms with Crippen LogP contribution in [0.4, 0.5) is 0 Å². The van der Waals surface area contributed by atoms with E-state index in [1.54, 1.807) is 43.5 Å². The van der Waals surface area contributed by atoms with Crippen LogP contribution in [-0.4, -0.2) is 46.7 Å². The van der Waals surface area contributed by atoms with Gasteiger partial charge in [-0.15, -0.1) is 0 Å². The topological polar surface area (TPSA) is 98.8 Å². The smallest absolute Gasteiger partial charge is 0.343 e. The summed E-state index contributed by atoms with van der Waals surface area (Å²) in [4.78, 5) is 25.9. The van der Waals surface area contributed by atoms with Crippen molar-refractivity contribution in [2.45, 2.75) is 12.3 Å². The summed E-state index contributed by atoms with van der Waals surface area (Å²) in [5.74, 6) is 1.19. The third-order valence-electron chi connectivity index (χ3n) is 7.39. The summed E-state index contributed by atoms with van der Waals surface area (Å²) in [6.07, 6.45) is 0.699. The van der Waals surface area contributed by atoms with Crippen LogP contribution in [0.3, 0.4) is 0 Å². The fraction of sp³-hybridized carbons (Fsp3) is 0.310. The average molecular weight is 519 g/mol. The molecule has 0 amide bonds. The molecule has 0 saturated carbocycles. The molecule has 3 aromatic carbocycles. The van der Waals surface area contributed by atoms with Gasteiger partial charge in [0.15, 0.2) is 23.0 Å². The lowest BCUT2D eigenvalue weighted by molar-refractivity contribution is -0.141. The zero-order valence-electron chi connectivity index (χ0n) is 21.1. The van der Waals surface area contributed by atoms with E-state index in [0.717, 1.165) is 16.7 Å². The van der Waals surface area contributed by atoms with Gasteiger partial charge in [0, 0.05) is 11.8 Å². The molecule has 0 aromatic heterocycles. The number of rotatable bonds is 6. The van der Waals surface area contributed by atoms with E-state index < -0.39 is 5.97 Å². The molecule has 1 fully saturated rings. The van der Waals surface area contributed by atoms with Gasteiger partial charge < -0.3 is 33.2 Å². The molecule has 196 valence electrons. The molecule has 2 aliphatic heterocycles. The maximum absolute atomic E-state index is 12.9. The molecule has 9 heteroatoms. The first-order valence-electron chi connectivity index (χ1n) is 12.2. The lowest BCUT2D eigenvalue weighted by Gasteiger charge is -2.34. The number of benzene rings is 3. The van der Waals surface area contributed by atoms with Crippen molar-refractivity contribution in [2.75, 3.05) is 34.7 Å². The second-order valence-corrected chi connectivity index (χ2v) is 9.37. The number of fused-ring (bicyclic) bond motifs is 3. The van der Waals surface area contributed by atoms with Gasteiger partial charge in [-0.25, -0.2) is 4.79 Å². The fourth-order valence-electron chi connectivity index (χ4n) is 5.56. The van der Waals surface area contributed by atoms with Crippen LogP contribution >= 0.6 is 0 Å². The first kappa shape index (κ1) is 24.0. The summed E-state index contributed by atoms with van der Waals surface area (Å²) < 4.78 is 38.9. The van der Waals surface area contributed by atoms with Gasteiger partial charge in [-0.2, -0.15) is 0 Å². The number of esters is 2. The van der Waals surface area contributed by atoms with E-state index >= 15 is 0 Å². The van der Waals surface area contributed by atoms with Crippen LogP contribution in [0.15, 0.2) is 48.5 Å². The summed E-state index contributed by atoms with van der Waals surface area (Å²) in [5.41, 5.74) is 3.15. The molecule has 3 aliphatic rings. The molecule has 9 nitrogen and oxygen atoms in total. The van der Waals surface area contributed by atoms with E-state index in [0.29, 0.717) is 47.3 Å². The van der Waals surface area contributed by atoms with Crippen LogP contribution in [0, 0.1) is 11.8 Å². The second-order valence-electron chi connectivity index (χ2n) is 9.37. The number of carbonyl (C=O) groups is 2. The molecule has 6 rings (SSSR count). The third kappa shape index (κ3) is 3.95. The molecule has 1 saturated heterocycles. The van der Waals surface area contributed by atoms with Gasteiger partial charge in [-0.05, 0) is 71.6 Å². The SMILES string of the molecule is COc1ccc(C(=O)Oc2c(OC)cc([C@@H]3c4cc5c(cc4C[C@H]4COC(=O)[C@@H]43)OCO5)cc2OC)cc1. The fourth-order valence-corrected chi connectivity index (χ4v) is 5.56. The second kappa shape index (κ2) is 9.48. The van der Waals surface area contributed by atoms with E-state index in [4.69, 9.17) is 33.2 Å². The van der Waals surface area contributed by atoms with Crippen LogP contribution < -0.4 is 28.4 Å². The van der Waals surface area contributed by atoms with Crippen molar-refractivity contribution in [3.63, 3.8) is 0 Å². The maximum atomic E-state index is 12.9.